The quantitative estimate of drug-likeness (QED) is 0.354. The summed E-state index contributed by atoms with van der Waals surface area (Å²) < 4.78 is 0. The Balaban J connectivity index is 1.70. The van der Waals surface area contributed by atoms with E-state index in [4.69, 9.17) is 0 Å². The number of hydrogen-bond donors (Lipinski definition) is 0. The molecule has 0 unspecified atom stereocenters. The maximum absolute atomic E-state index is 2.47. The van der Waals surface area contributed by atoms with Gasteiger partial charge in [-0.05, 0) is 59.7 Å². The minimum atomic E-state index is 0.0172. The van der Waals surface area contributed by atoms with Crippen LogP contribution in [-0.2, 0) is 5.41 Å². The maximum atomic E-state index is 2.47. The summed E-state index contributed by atoms with van der Waals surface area (Å²) in [6, 6.07) is 31.5. The van der Waals surface area contributed by atoms with Crippen molar-refractivity contribution in [3.8, 4) is 11.1 Å². The molecular weight excluding hydrogens is 350 g/mol. The summed E-state index contributed by atoms with van der Waals surface area (Å²) in [7, 11) is 0. The molecule has 0 saturated carbocycles. The van der Waals surface area contributed by atoms with E-state index in [-0.39, 0.29) is 5.41 Å². The molecule has 0 N–H and O–H groups in total. The van der Waals surface area contributed by atoms with Crippen molar-refractivity contribution in [2.75, 3.05) is 4.90 Å². The van der Waals surface area contributed by atoms with Crippen molar-refractivity contribution >= 4 is 22.1 Å². The number of benzene rings is 4. The highest BCUT2D eigenvalue weighted by molar-refractivity contribution is 5.96. The van der Waals surface area contributed by atoms with Gasteiger partial charge in [0.2, 0.25) is 0 Å². The third-order valence-corrected chi connectivity index (χ3v) is 6.39. The van der Waals surface area contributed by atoms with E-state index in [2.05, 4.69) is 118 Å². The predicted octanol–water partition coefficient (Wildman–Crippen LogP) is 7.69. The molecule has 0 aliphatic heterocycles. The molecule has 4 aromatic carbocycles. The van der Waals surface area contributed by atoms with Crippen LogP contribution < -0.4 is 4.90 Å². The first-order chi connectivity index (χ1) is 14.0. The average molecular weight is 378 g/mol. The minimum Gasteiger partial charge on any atom is -0.338 e. The fraction of sp³-hybridized carbons (Fsp3) is 0.214. The number of nitrogens with zero attached hydrogens (tertiary/aromatic N) is 1. The highest BCUT2D eigenvalue weighted by atomic mass is 15.2. The van der Waals surface area contributed by atoms with Crippen molar-refractivity contribution in [1.29, 1.82) is 0 Å². The molecule has 1 nitrogen and oxygen atoms in total. The van der Waals surface area contributed by atoms with Gasteiger partial charge in [0.05, 0.1) is 0 Å². The topological polar surface area (TPSA) is 3.24 Å². The van der Waals surface area contributed by atoms with E-state index in [1.807, 2.05) is 0 Å². The van der Waals surface area contributed by atoms with E-state index in [0.717, 1.165) is 0 Å². The van der Waals surface area contributed by atoms with E-state index in [0.29, 0.717) is 6.04 Å². The zero-order valence-electron chi connectivity index (χ0n) is 17.6. The zero-order chi connectivity index (χ0) is 20.2. The standard InChI is InChI=1S/C28H27N/c1-19(2)29(27-15-9-11-20-10-5-6-12-22(20)27)21-16-17-24-23-13-7-8-14-25(23)28(3,4)26(24)18-21/h5-19H,1-4H3. The van der Waals surface area contributed by atoms with E-state index < -0.39 is 0 Å². The lowest BCUT2D eigenvalue weighted by molar-refractivity contribution is 0.659. The Hall–Kier alpha value is -3.06. The van der Waals surface area contributed by atoms with Gasteiger partial charge in [-0.2, -0.15) is 0 Å². The van der Waals surface area contributed by atoms with Gasteiger partial charge in [0.25, 0.3) is 0 Å². The summed E-state index contributed by atoms with van der Waals surface area (Å²) in [6.45, 7) is 9.24. The fourth-order valence-corrected chi connectivity index (χ4v) is 4.98. The summed E-state index contributed by atoms with van der Waals surface area (Å²) in [5.74, 6) is 0. The highest BCUT2D eigenvalue weighted by Crippen LogP contribution is 2.50. The van der Waals surface area contributed by atoms with Crippen molar-refractivity contribution in [2.24, 2.45) is 0 Å². The van der Waals surface area contributed by atoms with E-state index in [9.17, 15) is 0 Å². The number of anilines is 2. The van der Waals surface area contributed by atoms with Gasteiger partial charge in [-0.25, -0.2) is 0 Å². The van der Waals surface area contributed by atoms with E-state index >= 15 is 0 Å². The molecule has 0 fully saturated rings. The van der Waals surface area contributed by atoms with Crippen LogP contribution in [0.1, 0.15) is 38.8 Å². The Morgan fingerprint density at radius 3 is 2.21 bits per heavy atom. The molecule has 144 valence electrons. The van der Waals surface area contributed by atoms with Crippen LogP contribution in [0.5, 0.6) is 0 Å². The van der Waals surface area contributed by atoms with Crippen LogP contribution in [-0.4, -0.2) is 6.04 Å². The van der Waals surface area contributed by atoms with Gasteiger partial charge in [0, 0.05) is 28.2 Å². The van der Waals surface area contributed by atoms with Crippen LogP contribution >= 0.6 is 0 Å². The summed E-state index contributed by atoms with van der Waals surface area (Å²) >= 11 is 0. The van der Waals surface area contributed by atoms with Gasteiger partial charge < -0.3 is 4.90 Å². The molecule has 1 aliphatic carbocycles. The van der Waals surface area contributed by atoms with Gasteiger partial charge in [-0.3, -0.25) is 0 Å². The van der Waals surface area contributed by atoms with Crippen LogP contribution in [0, 0.1) is 0 Å². The zero-order valence-corrected chi connectivity index (χ0v) is 17.6. The van der Waals surface area contributed by atoms with Crippen molar-refractivity contribution in [3.05, 3.63) is 96.1 Å². The Kier molecular flexibility index (Phi) is 4.03. The first-order valence-electron chi connectivity index (χ1n) is 10.5. The molecule has 4 aromatic rings. The molecule has 0 saturated heterocycles. The SMILES string of the molecule is CC(C)N(c1ccc2c(c1)C(C)(C)c1ccccc1-2)c1cccc2ccccc12. The lowest BCUT2D eigenvalue weighted by Gasteiger charge is -2.32. The molecule has 0 radical (unpaired) electrons. The average Bonchev–Trinajstić information content (AvgIpc) is 2.96. The van der Waals surface area contributed by atoms with Crippen LogP contribution in [0.4, 0.5) is 11.4 Å². The van der Waals surface area contributed by atoms with Gasteiger partial charge in [0.1, 0.15) is 0 Å². The predicted molar refractivity (Wildman–Crippen MR) is 125 cm³/mol. The second kappa shape index (κ2) is 6.49. The molecule has 0 bridgehead atoms. The highest BCUT2D eigenvalue weighted by Gasteiger charge is 2.35. The van der Waals surface area contributed by atoms with Crippen LogP contribution in [0.25, 0.3) is 21.9 Å². The van der Waals surface area contributed by atoms with Gasteiger partial charge >= 0.3 is 0 Å². The molecular formula is C28H27N. The van der Waals surface area contributed by atoms with Crippen LogP contribution in [0.3, 0.4) is 0 Å². The van der Waals surface area contributed by atoms with Crippen molar-refractivity contribution in [2.45, 2.75) is 39.2 Å². The van der Waals surface area contributed by atoms with Crippen molar-refractivity contribution < 1.29 is 0 Å². The molecule has 0 amide bonds. The van der Waals surface area contributed by atoms with Gasteiger partial charge in [0.15, 0.2) is 0 Å². The minimum absolute atomic E-state index is 0.0172. The lowest BCUT2D eigenvalue weighted by atomic mass is 9.82. The smallest absolute Gasteiger partial charge is 0.0492 e. The van der Waals surface area contributed by atoms with Gasteiger partial charge in [-0.15, -0.1) is 0 Å². The second-order valence-electron chi connectivity index (χ2n) is 8.86. The molecule has 1 heteroatoms. The number of hydrogen-bond acceptors (Lipinski definition) is 1. The molecule has 0 spiro atoms. The first kappa shape index (κ1) is 18.0. The van der Waals surface area contributed by atoms with Gasteiger partial charge in [-0.1, -0.05) is 80.6 Å². The third kappa shape index (κ3) is 2.68. The molecule has 1 aliphatic rings. The Bertz CT molecular complexity index is 1210. The van der Waals surface area contributed by atoms with Crippen LogP contribution in [0.15, 0.2) is 84.9 Å². The normalized spacial score (nSPS) is 14.1. The Labute approximate surface area is 173 Å². The molecule has 0 heterocycles. The van der Waals surface area contributed by atoms with Crippen molar-refractivity contribution in [3.63, 3.8) is 0 Å². The Morgan fingerprint density at radius 2 is 1.38 bits per heavy atom. The monoisotopic (exact) mass is 377 g/mol. The molecule has 29 heavy (non-hydrogen) atoms. The summed E-state index contributed by atoms with van der Waals surface area (Å²) in [4.78, 5) is 2.47. The molecule has 0 aromatic heterocycles. The summed E-state index contributed by atoms with van der Waals surface area (Å²) in [5.41, 5.74) is 8.14. The lowest BCUT2D eigenvalue weighted by Crippen LogP contribution is -2.26. The maximum Gasteiger partial charge on any atom is 0.0492 e. The van der Waals surface area contributed by atoms with E-state index in [1.165, 1.54) is 44.4 Å². The van der Waals surface area contributed by atoms with Crippen molar-refractivity contribution in [1.82, 2.24) is 0 Å². The third-order valence-electron chi connectivity index (χ3n) is 6.39. The van der Waals surface area contributed by atoms with E-state index in [1.54, 1.807) is 0 Å². The van der Waals surface area contributed by atoms with Crippen LogP contribution in [0.2, 0.25) is 0 Å². The Morgan fingerprint density at radius 1 is 0.690 bits per heavy atom. The summed E-state index contributed by atoms with van der Waals surface area (Å²) in [5, 5.41) is 2.58. The molecule has 0 atom stereocenters. The number of rotatable bonds is 3. The second-order valence-corrected chi connectivity index (χ2v) is 8.86. The summed E-state index contributed by atoms with van der Waals surface area (Å²) in [6.07, 6.45) is 0. The fourth-order valence-electron chi connectivity index (χ4n) is 4.98. The number of fused-ring (bicyclic) bond motifs is 4. The largest absolute Gasteiger partial charge is 0.338 e. The molecule has 5 rings (SSSR count). The first-order valence-corrected chi connectivity index (χ1v) is 10.5.